The van der Waals surface area contributed by atoms with Crippen molar-refractivity contribution in [3.8, 4) is 5.75 Å². The van der Waals surface area contributed by atoms with E-state index in [1.165, 1.54) is 0 Å². The summed E-state index contributed by atoms with van der Waals surface area (Å²) in [5.74, 6) is 0.650. The largest absolute Gasteiger partial charge is 0.484 e. The first kappa shape index (κ1) is 13.5. The van der Waals surface area contributed by atoms with Crippen LogP contribution in [0.15, 0.2) is 24.3 Å². The van der Waals surface area contributed by atoms with Crippen molar-refractivity contribution in [1.82, 2.24) is 4.90 Å². The normalized spacial score (nSPS) is 10.4. The second-order valence-electron chi connectivity index (χ2n) is 4.24. The number of hydrogen-bond acceptors (Lipinski definition) is 3. The molecule has 0 saturated heterocycles. The summed E-state index contributed by atoms with van der Waals surface area (Å²) in [6.45, 7) is 4.46. The van der Waals surface area contributed by atoms with Crippen LogP contribution in [-0.2, 0) is 11.3 Å². The molecule has 1 rings (SSSR count). The number of nitrogens with zero attached hydrogens (tertiary/aromatic N) is 1. The zero-order chi connectivity index (χ0) is 12.8. The van der Waals surface area contributed by atoms with Crippen molar-refractivity contribution in [2.24, 2.45) is 5.73 Å². The second kappa shape index (κ2) is 6.25. The van der Waals surface area contributed by atoms with Gasteiger partial charge in [0.25, 0.3) is 5.91 Å². The fourth-order valence-corrected chi connectivity index (χ4v) is 1.30. The summed E-state index contributed by atoms with van der Waals surface area (Å²) < 4.78 is 5.43. The van der Waals surface area contributed by atoms with Crippen LogP contribution in [-0.4, -0.2) is 30.5 Å². The molecule has 1 aromatic carbocycles. The number of rotatable bonds is 5. The Hall–Kier alpha value is -1.55. The maximum atomic E-state index is 11.7. The van der Waals surface area contributed by atoms with E-state index in [1.807, 2.05) is 38.1 Å². The van der Waals surface area contributed by atoms with Crippen LogP contribution in [0.2, 0.25) is 0 Å². The highest BCUT2D eigenvalue weighted by molar-refractivity contribution is 5.77. The molecule has 2 N–H and O–H groups in total. The predicted molar refractivity (Wildman–Crippen MR) is 67.7 cm³/mol. The van der Waals surface area contributed by atoms with E-state index in [1.54, 1.807) is 11.9 Å². The Bertz CT molecular complexity index is 377. The molecule has 0 aliphatic heterocycles. The molecule has 0 aromatic heterocycles. The van der Waals surface area contributed by atoms with Crippen LogP contribution in [0.3, 0.4) is 0 Å². The standard InChI is InChI=1S/C13H20N2O2/c1-10(2)15(3)13(16)9-17-12-6-4-5-11(7-12)8-14/h4-7,10H,8-9,14H2,1-3H3. The lowest BCUT2D eigenvalue weighted by atomic mass is 10.2. The topological polar surface area (TPSA) is 55.6 Å². The van der Waals surface area contributed by atoms with E-state index in [0.717, 1.165) is 5.56 Å². The summed E-state index contributed by atoms with van der Waals surface area (Å²) in [5.41, 5.74) is 6.52. The van der Waals surface area contributed by atoms with Crippen LogP contribution >= 0.6 is 0 Å². The lowest BCUT2D eigenvalue weighted by Gasteiger charge is -2.21. The summed E-state index contributed by atoms with van der Waals surface area (Å²) in [5, 5.41) is 0. The zero-order valence-corrected chi connectivity index (χ0v) is 10.6. The van der Waals surface area contributed by atoms with Gasteiger partial charge in [0.2, 0.25) is 0 Å². The number of hydrogen-bond donors (Lipinski definition) is 1. The van der Waals surface area contributed by atoms with E-state index < -0.39 is 0 Å². The number of carbonyl (C=O) groups excluding carboxylic acids is 1. The van der Waals surface area contributed by atoms with Crippen LogP contribution < -0.4 is 10.5 Å². The summed E-state index contributed by atoms with van der Waals surface area (Å²) >= 11 is 0. The maximum Gasteiger partial charge on any atom is 0.260 e. The first-order valence-corrected chi connectivity index (χ1v) is 5.72. The zero-order valence-electron chi connectivity index (χ0n) is 10.6. The molecule has 4 heteroatoms. The van der Waals surface area contributed by atoms with Gasteiger partial charge < -0.3 is 15.4 Å². The molecule has 1 amide bonds. The molecule has 0 fully saturated rings. The third kappa shape index (κ3) is 4.07. The number of carbonyl (C=O) groups is 1. The second-order valence-corrected chi connectivity index (χ2v) is 4.24. The van der Waals surface area contributed by atoms with Gasteiger partial charge in [-0.1, -0.05) is 12.1 Å². The van der Waals surface area contributed by atoms with Gasteiger partial charge in [-0.2, -0.15) is 0 Å². The van der Waals surface area contributed by atoms with Gasteiger partial charge in [0, 0.05) is 19.6 Å². The molecule has 0 aliphatic rings. The van der Waals surface area contributed by atoms with Crippen molar-refractivity contribution in [3.63, 3.8) is 0 Å². The molecule has 0 unspecified atom stereocenters. The van der Waals surface area contributed by atoms with Crippen molar-refractivity contribution >= 4 is 5.91 Å². The molecule has 0 atom stereocenters. The Morgan fingerprint density at radius 2 is 2.18 bits per heavy atom. The number of ether oxygens (including phenoxy) is 1. The van der Waals surface area contributed by atoms with Gasteiger partial charge in [-0.05, 0) is 31.5 Å². The van der Waals surface area contributed by atoms with E-state index in [2.05, 4.69) is 0 Å². The third-order valence-electron chi connectivity index (χ3n) is 2.66. The molecular formula is C13H20N2O2. The molecule has 94 valence electrons. The summed E-state index contributed by atoms with van der Waals surface area (Å²) in [6.07, 6.45) is 0. The number of benzene rings is 1. The van der Waals surface area contributed by atoms with Crippen LogP contribution in [0.25, 0.3) is 0 Å². The van der Waals surface area contributed by atoms with Crippen molar-refractivity contribution in [2.45, 2.75) is 26.4 Å². The van der Waals surface area contributed by atoms with Gasteiger partial charge in [-0.3, -0.25) is 4.79 Å². The predicted octanol–water partition coefficient (Wildman–Crippen LogP) is 1.39. The molecule has 4 nitrogen and oxygen atoms in total. The van der Waals surface area contributed by atoms with Crippen molar-refractivity contribution < 1.29 is 9.53 Å². The molecule has 0 aliphatic carbocycles. The molecule has 0 heterocycles. The van der Waals surface area contributed by atoms with E-state index >= 15 is 0 Å². The smallest absolute Gasteiger partial charge is 0.260 e. The molecule has 0 saturated carbocycles. The Morgan fingerprint density at radius 1 is 1.47 bits per heavy atom. The van der Waals surface area contributed by atoms with Crippen molar-refractivity contribution in [3.05, 3.63) is 29.8 Å². The Morgan fingerprint density at radius 3 is 2.76 bits per heavy atom. The molecule has 0 spiro atoms. The quantitative estimate of drug-likeness (QED) is 0.840. The third-order valence-corrected chi connectivity index (χ3v) is 2.66. The summed E-state index contributed by atoms with van der Waals surface area (Å²) in [7, 11) is 1.77. The van der Waals surface area contributed by atoms with Gasteiger partial charge in [0.15, 0.2) is 6.61 Å². The van der Waals surface area contributed by atoms with Crippen molar-refractivity contribution in [2.75, 3.05) is 13.7 Å². The minimum Gasteiger partial charge on any atom is -0.484 e. The van der Waals surface area contributed by atoms with Crippen LogP contribution in [0.5, 0.6) is 5.75 Å². The van der Waals surface area contributed by atoms with Gasteiger partial charge in [-0.15, -0.1) is 0 Å². The molecule has 0 radical (unpaired) electrons. The van der Waals surface area contributed by atoms with Crippen molar-refractivity contribution in [1.29, 1.82) is 0 Å². The van der Waals surface area contributed by atoms with Crippen LogP contribution in [0.4, 0.5) is 0 Å². The maximum absolute atomic E-state index is 11.7. The number of likely N-dealkylation sites (N-methyl/N-ethyl adjacent to an activating group) is 1. The van der Waals surface area contributed by atoms with Crippen LogP contribution in [0.1, 0.15) is 19.4 Å². The average molecular weight is 236 g/mol. The first-order chi connectivity index (χ1) is 8.04. The lowest BCUT2D eigenvalue weighted by Crippen LogP contribution is -2.36. The highest BCUT2D eigenvalue weighted by atomic mass is 16.5. The van der Waals surface area contributed by atoms with E-state index in [0.29, 0.717) is 12.3 Å². The molecule has 1 aromatic rings. The molecule has 0 bridgehead atoms. The lowest BCUT2D eigenvalue weighted by molar-refractivity contribution is -0.133. The highest BCUT2D eigenvalue weighted by Gasteiger charge is 2.12. The average Bonchev–Trinajstić information content (AvgIpc) is 2.35. The summed E-state index contributed by atoms with van der Waals surface area (Å²) in [6, 6.07) is 7.65. The van der Waals surface area contributed by atoms with Gasteiger partial charge in [0.1, 0.15) is 5.75 Å². The molecule has 17 heavy (non-hydrogen) atoms. The SMILES string of the molecule is CC(C)N(C)C(=O)COc1cccc(CN)c1. The minimum absolute atomic E-state index is 0.0295. The molecular weight excluding hydrogens is 216 g/mol. The minimum atomic E-state index is -0.0295. The summed E-state index contributed by atoms with van der Waals surface area (Å²) in [4.78, 5) is 13.3. The van der Waals surface area contributed by atoms with Gasteiger partial charge in [0.05, 0.1) is 0 Å². The fraction of sp³-hybridized carbons (Fsp3) is 0.462. The number of amides is 1. The first-order valence-electron chi connectivity index (χ1n) is 5.72. The van der Waals surface area contributed by atoms with Crippen LogP contribution in [0, 0.1) is 0 Å². The van der Waals surface area contributed by atoms with Gasteiger partial charge in [-0.25, -0.2) is 0 Å². The fourth-order valence-electron chi connectivity index (χ4n) is 1.30. The Kier molecular flexibility index (Phi) is 4.97. The number of nitrogens with two attached hydrogens (primary N) is 1. The van der Waals surface area contributed by atoms with Gasteiger partial charge >= 0.3 is 0 Å². The van der Waals surface area contributed by atoms with E-state index in [-0.39, 0.29) is 18.6 Å². The Balaban J connectivity index is 2.52. The highest BCUT2D eigenvalue weighted by Crippen LogP contribution is 2.12. The van der Waals surface area contributed by atoms with E-state index in [9.17, 15) is 4.79 Å². The monoisotopic (exact) mass is 236 g/mol. The van der Waals surface area contributed by atoms with E-state index in [4.69, 9.17) is 10.5 Å². The Labute approximate surface area is 102 Å².